The van der Waals surface area contributed by atoms with Gasteiger partial charge in [0.05, 0.1) is 6.10 Å². The smallest absolute Gasteiger partial charge is 0.227 e. The zero-order valence-corrected chi connectivity index (χ0v) is 12.2. The second-order valence-electron chi connectivity index (χ2n) is 5.54. The van der Waals surface area contributed by atoms with E-state index < -0.39 is 6.10 Å². The van der Waals surface area contributed by atoms with Crippen molar-refractivity contribution in [1.29, 1.82) is 0 Å². The number of para-hydroxylation sites is 1. The maximum absolute atomic E-state index is 12.9. The van der Waals surface area contributed by atoms with Crippen LogP contribution in [0.3, 0.4) is 0 Å². The normalized spacial score (nSPS) is 17.2. The topological polar surface area (TPSA) is 40.5 Å². The first-order valence-electron chi connectivity index (χ1n) is 7.47. The summed E-state index contributed by atoms with van der Waals surface area (Å²) in [6.45, 7) is 0.528. The van der Waals surface area contributed by atoms with Crippen molar-refractivity contribution in [2.24, 2.45) is 0 Å². The molecule has 0 aliphatic carbocycles. The summed E-state index contributed by atoms with van der Waals surface area (Å²) in [5.74, 6) is -0.238. The van der Waals surface area contributed by atoms with Crippen LogP contribution in [-0.4, -0.2) is 17.6 Å². The third kappa shape index (κ3) is 3.02. The average molecular weight is 299 g/mol. The predicted molar refractivity (Wildman–Crippen MR) is 83.1 cm³/mol. The van der Waals surface area contributed by atoms with E-state index in [0.29, 0.717) is 25.8 Å². The fraction of sp³-hybridized carbons (Fsp3) is 0.278. The molecule has 1 aliphatic rings. The maximum atomic E-state index is 12.9. The van der Waals surface area contributed by atoms with Gasteiger partial charge >= 0.3 is 0 Å². The first kappa shape index (κ1) is 14.7. The highest BCUT2D eigenvalue weighted by atomic mass is 19.1. The Balaban J connectivity index is 1.70. The Hall–Kier alpha value is -2.20. The van der Waals surface area contributed by atoms with Crippen molar-refractivity contribution < 1.29 is 14.3 Å². The molecule has 0 spiro atoms. The Morgan fingerprint density at radius 1 is 1.18 bits per heavy atom. The van der Waals surface area contributed by atoms with Crippen LogP contribution in [0.4, 0.5) is 10.1 Å². The summed E-state index contributed by atoms with van der Waals surface area (Å²) in [4.78, 5) is 14.2. The van der Waals surface area contributed by atoms with Crippen molar-refractivity contribution in [2.45, 2.75) is 25.4 Å². The van der Waals surface area contributed by atoms with E-state index in [1.165, 1.54) is 12.1 Å². The van der Waals surface area contributed by atoms with Crippen LogP contribution in [0.1, 0.15) is 30.1 Å². The lowest BCUT2D eigenvalue weighted by Crippen LogP contribution is -2.36. The van der Waals surface area contributed by atoms with Gasteiger partial charge in [-0.05, 0) is 36.6 Å². The Kier molecular flexibility index (Phi) is 4.20. The van der Waals surface area contributed by atoms with E-state index in [1.807, 2.05) is 24.3 Å². The first-order chi connectivity index (χ1) is 10.6. The van der Waals surface area contributed by atoms with Gasteiger partial charge in [-0.1, -0.05) is 30.3 Å². The molecular formula is C18H18FNO2. The number of amides is 1. The average Bonchev–Trinajstić information content (AvgIpc) is 2.55. The third-order valence-electron chi connectivity index (χ3n) is 4.05. The second kappa shape index (κ2) is 6.28. The molecule has 0 fully saturated rings. The summed E-state index contributed by atoms with van der Waals surface area (Å²) in [7, 11) is 0. The quantitative estimate of drug-likeness (QED) is 0.945. The fourth-order valence-electron chi connectivity index (χ4n) is 2.84. The molecule has 0 radical (unpaired) electrons. The van der Waals surface area contributed by atoms with Crippen LogP contribution in [0.15, 0.2) is 48.5 Å². The Labute approximate surface area is 129 Å². The number of hydrogen-bond acceptors (Lipinski definition) is 2. The van der Waals surface area contributed by atoms with Crippen molar-refractivity contribution in [1.82, 2.24) is 0 Å². The summed E-state index contributed by atoms with van der Waals surface area (Å²) in [5, 5.41) is 10.0. The van der Waals surface area contributed by atoms with E-state index >= 15 is 0 Å². The molecule has 114 valence electrons. The van der Waals surface area contributed by atoms with Crippen LogP contribution in [0.2, 0.25) is 0 Å². The van der Waals surface area contributed by atoms with E-state index in [2.05, 4.69) is 0 Å². The number of aliphatic hydroxyl groups excluding tert-OH is 1. The molecule has 0 bridgehead atoms. The van der Waals surface area contributed by atoms with Crippen LogP contribution in [0, 0.1) is 5.82 Å². The molecule has 0 saturated carbocycles. The summed E-state index contributed by atoms with van der Waals surface area (Å²) in [6.07, 6.45) is 1.01. The van der Waals surface area contributed by atoms with Gasteiger partial charge in [0.25, 0.3) is 0 Å². The molecule has 1 heterocycles. The van der Waals surface area contributed by atoms with Gasteiger partial charge in [0.1, 0.15) is 5.82 Å². The van der Waals surface area contributed by atoms with Crippen molar-refractivity contribution in [3.63, 3.8) is 0 Å². The molecule has 1 atom stereocenters. The van der Waals surface area contributed by atoms with Crippen LogP contribution >= 0.6 is 0 Å². The molecule has 1 amide bonds. The number of aryl methyl sites for hydroxylation is 1. The molecule has 1 unspecified atom stereocenters. The largest absolute Gasteiger partial charge is 0.388 e. The van der Waals surface area contributed by atoms with E-state index in [-0.39, 0.29) is 11.7 Å². The Morgan fingerprint density at radius 3 is 2.68 bits per heavy atom. The fourth-order valence-corrected chi connectivity index (χ4v) is 2.84. The minimum Gasteiger partial charge on any atom is -0.388 e. The number of halogens is 1. The summed E-state index contributed by atoms with van der Waals surface area (Å²) >= 11 is 0. The molecule has 1 aliphatic heterocycles. The molecule has 4 heteroatoms. The SMILES string of the molecule is O=C(CCc1ccc(F)cc1)N1CCC(O)c2ccccc21. The number of benzene rings is 2. The number of carbonyl (C=O) groups is 1. The molecular weight excluding hydrogens is 281 g/mol. The van der Waals surface area contributed by atoms with Gasteiger partial charge < -0.3 is 10.0 Å². The molecule has 1 N–H and O–H groups in total. The molecule has 2 aromatic carbocycles. The monoisotopic (exact) mass is 299 g/mol. The molecule has 0 aromatic heterocycles. The Morgan fingerprint density at radius 2 is 1.91 bits per heavy atom. The van der Waals surface area contributed by atoms with Crippen LogP contribution in [0.25, 0.3) is 0 Å². The standard InChI is InChI=1S/C18H18FNO2/c19-14-8-5-13(6-9-14)7-10-18(22)20-12-11-17(21)15-3-1-2-4-16(15)20/h1-6,8-9,17,21H,7,10-12H2. The lowest BCUT2D eigenvalue weighted by atomic mass is 9.98. The number of anilines is 1. The molecule has 22 heavy (non-hydrogen) atoms. The van der Waals surface area contributed by atoms with Gasteiger partial charge in [-0.25, -0.2) is 4.39 Å². The zero-order chi connectivity index (χ0) is 15.5. The highest BCUT2D eigenvalue weighted by Crippen LogP contribution is 2.33. The minimum absolute atomic E-state index is 0.0312. The molecule has 3 nitrogen and oxygen atoms in total. The summed E-state index contributed by atoms with van der Waals surface area (Å²) in [6, 6.07) is 13.7. The van der Waals surface area contributed by atoms with Gasteiger partial charge in [0.15, 0.2) is 0 Å². The van der Waals surface area contributed by atoms with Gasteiger partial charge in [-0.2, -0.15) is 0 Å². The predicted octanol–water partition coefficient (Wildman–Crippen LogP) is 3.23. The van der Waals surface area contributed by atoms with Crippen LogP contribution in [0.5, 0.6) is 0 Å². The molecule has 2 aromatic rings. The first-order valence-corrected chi connectivity index (χ1v) is 7.47. The third-order valence-corrected chi connectivity index (χ3v) is 4.05. The zero-order valence-electron chi connectivity index (χ0n) is 12.2. The molecule has 0 saturated heterocycles. The van der Waals surface area contributed by atoms with E-state index in [4.69, 9.17) is 0 Å². The van der Waals surface area contributed by atoms with E-state index in [1.54, 1.807) is 17.0 Å². The van der Waals surface area contributed by atoms with Crippen molar-refractivity contribution >= 4 is 11.6 Å². The van der Waals surface area contributed by atoms with E-state index in [0.717, 1.165) is 16.8 Å². The number of hydrogen-bond donors (Lipinski definition) is 1. The number of fused-ring (bicyclic) bond motifs is 1. The lowest BCUT2D eigenvalue weighted by Gasteiger charge is -2.32. The van der Waals surface area contributed by atoms with Crippen molar-refractivity contribution in [3.05, 3.63) is 65.5 Å². The van der Waals surface area contributed by atoms with Gasteiger partial charge in [0, 0.05) is 24.2 Å². The van der Waals surface area contributed by atoms with E-state index in [9.17, 15) is 14.3 Å². The summed E-state index contributed by atoms with van der Waals surface area (Å²) in [5.41, 5.74) is 2.55. The maximum Gasteiger partial charge on any atom is 0.227 e. The van der Waals surface area contributed by atoms with Crippen LogP contribution in [-0.2, 0) is 11.2 Å². The lowest BCUT2D eigenvalue weighted by molar-refractivity contribution is -0.118. The van der Waals surface area contributed by atoms with Crippen LogP contribution < -0.4 is 4.90 Å². The van der Waals surface area contributed by atoms with Gasteiger partial charge in [-0.15, -0.1) is 0 Å². The number of nitrogens with zero attached hydrogens (tertiary/aromatic N) is 1. The summed E-state index contributed by atoms with van der Waals surface area (Å²) < 4.78 is 12.9. The second-order valence-corrected chi connectivity index (χ2v) is 5.54. The van der Waals surface area contributed by atoms with Crippen molar-refractivity contribution in [3.8, 4) is 0 Å². The number of aliphatic hydroxyl groups is 1. The van der Waals surface area contributed by atoms with Crippen molar-refractivity contribution in [2.75, 3.05) is 11.4 Å². The number of carbonyl (C=O) groups excluding carboxylic acids is 1. The number of rotatable bonds is 3. The highest BCUT2D eigenvalue weighted by molar-refractivity contribution is 5.94. The highest BCUT2D eigenvalue weighted by Gasteiger charge is 2.26. The van der Waals surface area contributed by atoms with Gasteiger partial charge in [0.2, 0.25) is 5.91 Å². The Bertz CT molecular complexity index is 669. The molecule has 3 rings (SSSR count). The minimum atomic E-state index is -0.502. The van der Waals surface area contributed by atoms with Gasteiger partial charge in [-0.3, -0.25) is 4.79 Å².